The zero-order valence-electron chi connectivity index (χ0n) is 16.0. The molecule has 1 aromatic carbocycles. The van der Waals surface area contributed by atoms with E-state index in [1.54, 1.807) is 37.8 Å². The van der Waals surface area contributed by atoms with Crippen molar-refractivity contribution in [1.29, 1.82) is 0 Å². The molecule has 0 saturated heterocycles. The molecule has 0 amide bonds. The minimum atomic E-state index is -0.428. The summed E-state index contributed by atoms with van der Waals surface area (Å²) in [4.78, 5) is 13.1. The van der Waals surface area contributed by atoms with Crippen LogP contribution >= 0.6 is 0 Å². The number of hydrogen-bond donors (Lipinski definition) is 1. The first-order valence-electron chi connectivity index (χ1n) is 8.95. The number of pyridine rings is 2. The van der Waals surface area contributed by atoms with Crippen LogP contribution < -0.4 is 15.2 Å². The third-order valence-corrected chi connectivity index (χ3v) is 4.77. The minimum absolute atomic E-state index is 0.197. The molecule has 2 aromatic heterocycles. The van der Waals surface area contributed by atoms with Crippen molar-refractivity contribution in [2.45, 2.75) is 6.42 Å². The summed E-state index contributed by atoms with van der Waals surface area (Å²) in [5, 5.41) is 0. The monoisotopic (exact) mass is 390 g/mol. The van der Waals surface area contributed by atoms with Gasteiger partial charge in [-0.2, -0.15) is 0 Å². The number of aromatic nitrogens is 2. The maximum absolute atomic E-state index is 14.2. The van der Waals surface area contributed by atoms with Crippen LogP contribution in [-0.2, 0) is 0 Å². The molecule has 0 bridgehead atoms. The first kappa shape index (κ1) is 18.6. The highest BCUT2D eigenvalue weighted by Crippen LogP contribution is 2.38. The van der Waals surface area contributed by atoms with Crippen LogP contribution in [0.1, 0.15) is 23.1 Å². The van der Waals surface area contributed by atoms with Crippen LogP contribution in [0.2, 0.25) is 0 Å². The average molecular weight is 390 g/mol. The number of anilines is 1. The normalized spacial score (nSPS) is 13.4. The Labute approximate surface area is 167 Å². The zero-order valence-corrected chi connectivity index (χ0v) is 16.0. The lowest BCUT2D eigenvalue weighted by Gasteiger charge is -2.10. The van der Waals surface area contributed by atoms with Crippen LogP contribution in [0.15, 0.2) is 60.0 Å². The Kier molecular flexibility index (Phi) is 4.95. The topological polar surface area (TPSA) is 82.6 Å². The number of rotatable bonds is 5. The number of nitrogens with zero attached hydrogens (tertiary/aromatic N) is 3. The van der Waals surface area contributed by atoms with Crippen LogP contribution in [0.25, 0.3) is 11.3 Å². The molecule has 0 spiro atoms. The summed E-state index contributed by atoms with van der Waals surface area (Å²) in [6, 6.07) is 10.5. The Balaban J connectivity index is 1.80. The second-order valence-corrected chi connectivity index (χ2v) is 6.46. The van der Waals surface area contributed by atoms with Crippen molar-refractivity contribution in [2.75, 3.05) is 20.0 Å². The van der Waals surface area contributed by atoms with Gasteiger partial charge in [0.25, 0.3) is 0 Å². The van der Waals surface area contributed by atoms with Crippen LogP contribution in [0.5, 0.6) is 11.5 Å². The van der Waals surface area contributed by atoms with Crippen LogP contribution in [0.3, 0.4) is 0 Å². The first-order valence-corrected chi connectivity index (χ1v) is 8.95. The van der Waals surface area contributed by atoms with Gasteiger partial charge in [0.05, 0.1) is 25.6 Å². The number of hydrogen-bond acceptors (Lipinski definition) is 6. The van der Waals surface area contributed by atoms with Crippen LogP contribution in [-0.4, -0.2) is 29.9 Å². The summed E-state index contributed by atoms with van der Waals surface area (Å²) in [6.07, 6.45) is 5.63. The number of halogens is 1. The summed E-state index contributed by atoms with van der Waals surface area (Å²) in [5.74, 6) is 0.580. The predicted octanol–water partition coefficient (Wildman–Crippen LogP) is 3.98. The van der Waals surface area contributed by atoms with Gasteiger partial charge in [0.2, 0.25) is 0 Å². The number of ether oxygens (including phenoxy) is 2. The fourth-order valence-corrected chi connectivity index (χ4v) is 3.28. The molecule has 0 radical (unpaired) electrons. The van der Waals surface area contributed by atoms with E-state index in [0.29, 0.717) is 23.6 Å². The van der Waals surface area contributed by atoms with E-state index in [-0.39, 0.29) is 5.75 Å². The molecule has 7 heteroatoms. The Morgan fingerprint density at radius 3 is 2.38 bits per heavy atom. The number of allylic oxidation sites excluding steroid dienone is 1. The standard InChI is InChI=1S/C22H19FN4O2/c1-28-19-4-3-14(9-17(19)23)18-11-16(15-10-20(29-2)22(24)26-12-15)21(27-18)13-5-7-25-8-6-13/h3-10,12H,11H2,1-2H3,(H2,24,26). The molecule has 2 N–H and O–H groups in total. The van der Waals surface area contributed by atoms with Gasteiger partial charge in [-0.05, 0) is 47.5 Å². The number of nitrogen functional groups attached to an aromatic ring is 1. The summed E-state index contributed by atoms with van der Waals surface area (Å²) in [7, 11) is 2.99. The smallest absolute Gasteiger partial charge is 0.166 e. The number of aliphatic imine (C=N–C) groups is 1. The van der Waals surface area contributed by atoms with Crippen molar-refractivity contribution < 1.29 is 13.9 Å². The lowest BCUT2D eigenvalue weighted by molar-refractivity contribution is 0.386. The second-order valence-electron chi connectivity index (χ2n) is 6.46. The summed E-state index contributed by atoms with van der Waals surface area (Å²) < 4.78 is 24.6. The Bertz CT molecular complexity index is 1130. The molecule has 0 atom stereocenters. The summed E-state index contributed by atoms with van der Waals surface area (Å²) in [6.45, 7) is 0. The van der Waals surface area contributed by atoms with E-state index < -0.39 is 5.82 Å². The van der Waals surface area contributed by atoms with Crippen molar-refractivity contribution in [1.82, 2.24) is 9.97 Å². The predicted molar refractivity (Wildman–Crippen MR) is 110 cm³/mol. The van der Waals surface area contributed by atoms with Crippen molar-refractivity contribution in [2.24, 2.45) is 4.99 Å². The number of nitrogens with two attached hydrogens (primary N) is 1. The molecular formula is C22H19FN4O2. The molecule has 1 aliphatic heterocycles. The van der Waals surface area contributed by atoms with Crippen molar-refractivity contribution in [3.05, 3.63) is 77.5 Å². The van der Waals surface area contributed by atoms with Crippen LogP contribution in [0, 0.1) is 5.82 Å². The highest BCUT2D eigenvalue weighted by atomic mass is 19.1. The van der Waals surface area contributed by atoms with Crippen LogP contribution in [0.4, 0.5) is 10.2 Å². The highest BCUT2D eigenvalue weighted by molar-refractivity contribution is 6.16. The first-order chi connectivity index (χ1) is 14.1. The lowest BCUT2D eigenvalue weighted by Crippen LogP contribution is -2.01. The number of methoxy groups -OCH3 is 2. The van der Waals surface area contributed by atoms with Gasteiger partial charge in [0, 0.05) is 36.1 Å². The van der Waals surface area contributed by atoms with Gasteiger partial charge >= 0.3 is 0 Å². The molecule has 29 heavy (non-hydrogen) atoms. The maximum atomic E-state index is 14.2. The Morgan fingerprint density at radius 1 is 0.931 bits per heavy atom. The summed E-state index contributed by atoms with van der Waals surface area (Å²) in [5.41, 5.74) is 10.8. The molecule has 0 aliphatic carbocycles. The molecule has 3 aromatic rings. The van der Waals surface area contributed by atoms with Gasteiger partial charge in [-0.25, -0.2) is 9.37 Å². The SMILES string of the molecule is COc1ccc(C2=NC(c3ccncc3)=C(c3cnc(N)c(OC)c3)C2)cc1F. The molecule has 146 valence electrons. The molecule has 1 aliphatic rings. The maximum Gasteiger partial charge on any atom is 0.166 e. The van der Waals surface area contributed by atoms with E-state index in [0.717, 1.165) is 28.1 Å². The average Bonchev–Trinajstić information content (AvgIpc) is 3.20. The van der Waals surface area contributed by atoms with Crippen molar-refractivity contribution in [3.63, 3.8) is 0 Å². The molecule has 6 nitrogen and oxygen atoms in total. The number of benzene rings is 1. The van der Waals surface area contributed by atoms with Gasteiger partial charge in [0.15, 0.2) is 23.1 Å². The van der Waals surface area contributed by atoms with E-state index >= 15 is 0 Å². The zero-order chi connectivity index (χ0) is 20.4. The third kappa shape index (κ3) is 3.54. The van der Waals surface area contributed by atoms with Gasteiger partial charge in [-0.3, -0.25) is 9.98 Å². The third-order valence-electron chi connectivity index (χ3n) is 4.77. The Morgan fingerprint density at radius 2 is 1.69 bits per heavy atom. The fourth-order valence-electron chi connectivity index (χ4n) is 3.28. The van der Waals surface area contributed by atoms with Gasteiger partial charge in [-0.15, -0.1) is 0 Å². The van der Waals surface area contributed by atoms with E-state index in [9.17, 15) is 4.39 Å². The van der Waals surface area contributed by atoms with E-state index in [1.165, 1.54) is 13.2 Å². The Hall–Kier alpha value is -3.74. The molecular weight excluding hydrogens is 371 g/mol. The minimum Gasteiger partial charge on any atom is -0.494 e. The molecule has 3 heterocycles. The van der Waals surface area contributed by atoms with Crippen molar-refractivity contribution >= 4 is 22.8 Å². The molecule has 0 unspecified atom stereocenters. The second kappa shape index (κ2) is 7.71. The largest absolute Gasteiger partial charge is 0.494 e. The van der Waals surface area contributed by atoms with Gasteiger partial charge in [0.1, 0.15) is 0 Å². The molecule has 0 fully saturated rings. The van der Waals surface area contributed by atoms with E-state index in [1.807, 2.05) is 18.2 Å². The fraction of sp³-hybridized carbons (Fsp3) is 0.136. The van der Waals surface area contributed by atoms with E-state index in [2.05, 4.69) is 9.97 Å². The van der Waals surface area contributed by atoms with Crippen molar-refractivity contribution in [3.8, 4) is 11.5 Å². The highest BCUT2D eigenvalue weighted by Gasteiger charge is 2.23. The van der Waals surface area contributed by atoms with Gasteiger partial charge in [-0.1, -0.05) is 0 Å². The lowest BCUT2D eigenvalue weighted by atomic mass is 9.97. The quantitative estimate of drug-likeness (QED) is 0.713. The summed E-state index contributed by atoms with van der Waals surface area (Å²) >= 11 is 0. The molecule has 0 saturated carbocycles. The molecule has 4 rings (SSSR count). The van der Waals surface area contributed by atoms with E-state index in [4.69, 9.17) is 20.2 Å². The van der Waals surface area contributed by atoms with Gasteiger partial charge < -0.3 is 15.2 Å².